The Kier molecular flexibility index (Phi) is 4.33. The van der Waals surface area contributed by atoms with Gasteiger partial charge in [-0.3, -0.25) is 0 Å². The molecule has 0 aromatic heterocycles. The second-order valence-electron chi connectivity index (χ2n) is 4.30. The van der Waals surface area contributed by atoms with Gasteiger partial charge in [-0.2, -0.15) is 5.26 Å². The van der Waals surface area contributed by atoms with Crippen molar-refractivity contribution in [1.82, 2.24) is 10.6 Å². The second kappa shape index (κ2) is 6.17. The lowest BCUT2D eigenvalue weighted by molar-refractivity contribution is -0.140. The smallest absolute Gasteiger partial charge is 0.337 e. The van der Waals surface area contributed by atoms with E-state index in [-0.39, 0.29) is 6.61 Å². The van der Waals surface area contributed by atoms with E-state index in [1.807, 2.05) is 12.1 Å². The molecule has 2 rings (SSSR count). The van der Waals surface area contributed by atoms with Crippen LogP contribution >= 0.6 is 12.2 Å². The van der Waals surface area contributed by atoms with Crippen molar-refractivity contribution >= 4 is 23.3 Å². The van der Waals surface area contributed by atoms with Crippen molar-refractivity contribution in [2.24, 2.45) is 0 Å². The summed E-state index contributed by atoms with van der Waals surface area (Å²) in [6.07, 6.45) is 0. The van der Waals surface area contributed by atoms with E-state index in [2.05, 4.69) is 10.6 Å². The average molecular weight is 287 g/mol. The second-order valence-corrected chi connectivity index (χ2v) is 4.71. The monoisotopic (exact) mass is 287 g/mol. The largest absolute Gasteiger partial charge is 0.457 e. The average Bonchev–Trinajstić information content (AvgIpc) is 2.45. The zero-order valence-electron chi connectivity index (χ0n) is 10.9. The minimum Gasteiger partial charge on any atom is -0.457 e. The highest BCUT2D eigenvalue weighted by Crippen LogP contribution is 2.10. The topological polar surface area (TPSA) is 74.2 Å². The van der Waals surface area contributed by atoms with Crippen molar-refractivity contribution < 1.29 is 9.53 Å². The van der Waals surface area contributed by atoms with Crippen molar-refractivity contribution in [3.05, 3.63) is 46.7 Å². The third kappa shape index (κ3) is 3.33. The van der Waals surface area contributed by atoms with Gasteiger partial charge in [0.2, 0.25) is 0 Å². The molecule has 1 aliphatic rings. The van der Waals surface area contributed by atoms with Crippen LogP contribution in [0.3, 0.4) is 0 Å². The highest BCUT2D eigenvalue weighted by atomic mass is 32.1. The molecule has 6 heteroatoms. The first-order valence-electron chi connectivity index (χ1n) is 6.01. The molecule has 102 valence electrons. The van der Waals surface area contributed by atoms with Gasteiger partial charge in [-0.05, 0) is 36.8 Å². The lowest BCUT2D eigenvalue weighted by atomic mass is 10.1. The van der Waals surface area contributed by atoms with E-state index >= 15 is 0 Å². The van der Waals surface area contributed by atoms with Gasteiger partial charge in [0, 0.05) is 5.70 Å². The summed E-state index contributed by atoms with van der Waals surface area (Å²) in [6.45, 7) is 2.27. The van der Waals surface area contributed by atoms with Crippen molar-refractivity contribution in [3.63, 3.8) is 0 Å². The number of ether oxygens (including phenoxy) is 1. The number of thiocarbonyl (C=S) groups is 1. The predicted octanol–water partition coefficient (Wildman–Crippen LogP) is 1.35. The molecular formula is C14H13N3O2S. The number of allylic oxidation sites excluding steroid dienone is 1. The maximum Gasteiger partial charge on any atom is 0.337 e. The van der Waals surface area contributed by atoms with Gasteiger partial charge in [-0.1, -0.05) is 12.1 Å². The van der Waals surface area contributed by atoms with Crippen LogP contribution in [0.4, 0.5) is 0 Å². The minimum absolute atomic E-state index is 0.135. The SMILES string of the molecule is CC1=C(C(=O)OCc2cccc(C#N)c2)CNC(=S)N1. The quantitative estimate of drug-likeness (QED) is 0.646. The number of carbonyl (C=O) groups is 1. The Morgan fingerprint density at radius 3 is 3.05 bits per heavy atom. The molecule has 0 amide bonds. The fraction of sp³-hybridized carbons (Fsp3) is 0.214. The van der Waals surface area contributed by atoms with Gasteiger partial charge in [0.1, 0.15) is 6.61 Å². The Morgan fingerprint density at radius 1 is 1.55 bits per heavy atom. The van der Waals surface area contributed by atoms with Gasteiger partial charge in [0.15, 0.2) is 5.11 Å². The maximum atomic E-state index is 12.0. The molecule has 0 unspecified atom stereocenters. The lowest BCUT2D eigenvalue weighted by Crippen LogP contribution is -2.42. The van der Waals surface area contributed by atoms with Crippen LogP contribution in [0.15, 0.2) is 35.5 Å². The van der Waals surface area contributed by atoms with Gasteiger partial charge < -0.3 is 15.4 Å². The number of nitrogens with one attached hydrogen (secondary N) is 2. The highest BCUT2D eigenvalue weighted by Gasteiger charge is 2.19. The number of hydrogen-bond acceptors (Lipinski definition) is 4. The van der Waals surface area contributed by atoms with E-state index in [1.165, 1.54) is 0 Å². The predicted molar refractivity (Wildman–Crippen MR) is 77.4 cm³/mol. The van der Waals surface area contributed by atoms with E-state index in [4.69, 9.17) is 22.2 Å². The first-order valence-corrected chi connectivity index (χ1v) is 6.41. The molecule has 0 aliphatic carbocycles. The number of benzene rings is 1. The Bertz CT molecular complexity index is 632. The number of esters is 1. The molecule has 1 heterocycles. The van der Waals surface area contributed by atoms with Gasteiger partial charge in [0.25, 0.3) is 0 Å². The number of hydrogen-bond donors (Lipinski definition) is 2. The van der Waals surface area contributed by atoms with E-state index in [0.717, 1.165) is 5.56 Å². The molecule has 20 heavy (non-hydrogen) atoms. The Balaban J connectivity index is 2.00. The van der Waals surface area contributed by atoms with Crippen LogP contribution < -0.4 is 10.6 Å². The third-order valence-corrected chi connectivity index (χ3v) is 3.10. The Hall–Kier alpha value is -2.39. The van der Waals surface area contributed by atoms with E-state index < -0.39 is 5.97 Å². The fourth-order valence-electron chi connectivity index (χ4n) is 1.78. The van der Waals surface area contributed by atoms with Crippen LogP contribution in [0.25, 0.3) is 0 Å². The molecule has 0 radical (unpaired) electrons. The molecule has 1 aromatic carbocycles. The van der Waals surface area contributed by atoms with E-state index in [0.29, 0.717) is 28.5 Å². The van der Waals surface area contributed by atoms with Gasteiger partial charge >= 0.3 is 5.97 Å². The summed E-state index contributed by atoms with van der Waals surface area (Å²) in [7, 11) is 0. The molecule has 5 nitrogen and oxygen atoms in total. The molecule has 0 atom stereocenters. The van der Waals surface area contributed by atoms with Crippen LogP contribution in [0, 0.1) is 11.3 Å². The maximum absolute atomic E-state index is 12.0. The first-order chi connectivity index (χ1) is 9.60. The molecule has 0 bridgehead atoms. The standard InChI is InChI=1S/C14H13N3O2S/c1-9-12(7-16-14(20)17-9)13(18)19-8-11-4-2-3-10(5-11)6-15/h2-5H,7-8H2,1H3,(H2,16,17,20). The summed E-state index contributed by atoms with van der Waals surface area (Å²) in [5, 5.41) is 15.1. The molecular weight excluding hydrogens is 274 g/mol. The van der Waals surface area contributed by atoms with Crippen molar-refractivity contribution in [1.29, 1.82) is 5.26 Å². The fourth-order valence-corrected chi connectivity index (χ4v) is 2.01. The van der Waals surface area contributed by atoms with Crippen LogP contribution in [0.2, 0.25) is 0 Å². The molecule has 0 saturated carbocycles. The normalized spacial score (nSPS) is 14.1. The molecule has 0 spiro atoms. The van der Waals surface area contributed by atoms with Crippen LogP contribution in [-0.2, 0) is 16.1 Å². The summed E-state index contributed by atoms with van der Waals surface area (Å²) in [5.41, 5.74) is 2.54. The van der Waals surface area contributed by atoms with Crippen LogP contribution in [0.1, 0.15) is 18.1 Å². The third-order valence-electron chi connectivity index (χ3n) is 2.85. The van der Waals surface area contributed by atoms with Gasteiger partial charge in [0.05, 0.1) is 23.8 Å². The van der Waals surface area contributed by atoms with Crippen molar-refractivity contribution in [2.75, 3.05) is 6.54 Å². The Morgan fingerprint density at radius 2 is 2.35 bits per heavy atom. The van der Waals surface area contributed by atoms with Crippen LogP contribution in [-0.4, -0.2) is 17.6 Å². The number of rotatable bonds is 3. The lowest BCUT2D eigenvalue weighted by Gasteiger charge is -2.20. The van der Waals surface area contributed by atoms with Gasteiger partial charge in [-0.25, -0.2) is 4.79 Å². The summed E-state index contributed by atoms with van der Waals surface area (Å²) in [5.74, 6) is -0.396. The van der Waals surface area contributed by atoms with E-state index in [9.17, 15) is 4.79 Å². The number of carbonyl (C=O) groups excluding carboxylic acids is 1. The Labute approximate surface area is 122 Å². The van der Waals surface area contributed by atoms with Crippen molar-refractivity contribution in [2.45, 2.75) is 13.5 Å². The van der Waals surface area contributed by atoms with Crippen LogP contribution in [0.5, 0.6) is 0 Å². The minimum atomic E-state index is -0.396. The molecule has 0 saturated heterocycles. The summed E-state index contributed by atoms with van der Waals surface area (Å²) >= 11 is 4.95. The highest BCUT2D eigenvalue weighted by molar-refractivity contribution is 7.80. The van der Waals surface area contributed by atoms with Gasteiger partial charge in [-0.15, -0.1) is 0 Å². The zero-order chi connectivity index (χ0) is 14.5. The number of nitrogens with zero attached hydrogens (tertiary/aromatic N) is 1. The summed E-state index contributed by atoms with van der Waals surface area (Å²) in [4.78, 5) is 12.0. The zero-order valence-corrected chi connectivity index (χ0v) is 11.7. The molecule has 2 N–H and O–H groups in total. The molecule has 1 aromatic rings. The number of nitriles is 1. The summed E-state index contributed by atoms with van der Waals surface area (Å²) < 4.78 is 5.24. The van der Waals surface area contributed by atoms with Crippen molar-refractivity contribution in [3.8, 4) is 6.07 Å². The molecule has 0 fully saturated rings. The summed E-state index contributed by atoms with van der Waals surface area (Å²) in [6, 6.07) is 9.01. The van der Waals surface area contributed by atoms with E-state index in [1.54, 1.807) is 25.1 Å². The molecule has 1 aliphatic heterocycles. The first kappa shape index (κ1) is 14.0.